The first-order valence-electron chi connectivity index (χ1n) is 5.11. The lowest BCUT2D eigenvalue weighted by atomic mass is 10.1. The summed E-state index contributed by atoms with van der Waals surface area (Å²) in [5.74, 6) is -0.0708. The van der Waals surface area contributed by atoms with E-state index in [9.17, 15) is 4.79 Å². The smallest absolute Gasteiger partial charge is 0.310 e. The highest BCUT2D eigenvalue weighted by Crippen LogP contribution is 2.17. The van der Waals surface area contributed by atoms with E-state index in [0.717, 1.165) is 32.5 Å². The van der Waals surface area contributed by atoms with Gasteiger partial charge in [-0.1, -0.05) is 0 Å². The van der Waals surface area contributed by atoms with Crippen molar-refractivity contribution >= 4 is 5.97 Å². The zero-order valence-corrected chi connectivity index (χ0v) is 8.90. The first-order valence-corrected chi connectivity index (χ1v) is 5.11. The minimum Gasteiger partial charge on any atom is -0.469 e. The molecule has 4 heteroatoms. The summed E-state index contributed by atoms with van der Waals surface area (Å²) in [6.45, 7) is 4.37. The van der Waals surface area contributed by atoms with Gasteiger partial charge in [0.1, 0.15) is 0 Å². The molecule has 0 bridgehead atoms. The van der Waals surface area contributed by atoms with Crippen molar-refractivity contribution in [2.75, 3.05) is 26.7 Å². The fraction of sp³-hybridized carbons (Fsp3) is 0.900. The molecule has 82 valence electrons. The molecule has 0 aromatic rings. The maximum atomic E-state index is 11.2. The SMILES string of the molecule is COC(=O)C1CCN(CCC(C)O)C1. The summed E-state index contributed by atoms with van der Waals surface area (Å²) in [5, 5.41) is 9.12. The maximum absolute atomic E-state index is 11.2. The van der Waals surface area contributed by atoms with E-state index in [0.29, 0.717) is 0 Å². The molecule has 0 saturated carbocycles. The molecule has 0 radical (unpaired) electrons. The summed E-state index contributed by atoms with van der Waals surface area (Å²) >= 11 is 0. The molecule has 1 rings (SSSR count). The molecular formula is C10H19NO3. The molecule has 1 heterocycles. The Hall–Kier alpha value is -0.610. The van der Waals surface area contributed by atoms with Gasteiger partial charge in [-0.05, 0) is 26.3 Å². The molecule has 4 nitrogen and oxygen atoms in total. The van der Waals surface area contributed by atoms with Gasteiger partial charge in [-0.3, -0.25) is 4.79 Å². The van der Waals surface area contributed by atoms with Crippen molar-refractivity contribution in [3.63, 3.8) is 0 Å². The maximum Gasteiger partial charge on any atom is 0.310 e. The van der Waals surface area contributed by atoms with Gasteiger partial charge in [0.15, 0.2) is 0 Å². The van der Waals surface area contributed by atoms with Gasteiger partial charge in [-0.15, -0.1) is 0 Å². The number of nitrogens with zero attached hydrogens (tertiary/aromatic N) is 1. The second-order valence-corrected chi connectivity index (χ2v) is 3.95. The Labute approximate surface area is 84.8 Å². The number of hydrogen-bond acceptors (Lipinski definition) is 4. The lowest BCUT2D eigenvalue weighted by molar-refractivity contribution is -0.144. The molecule has 1 aliphatic rings. The molecule has 0 spiro atoms. The number of carbonyl (C=O) groups is 1. The van der Waals surface area contributed by atoms with E-state index in [1.807, 2.05) is 0 Å². The quantitative estimate of drug-likeness (QED) is 0.662. The largest absolute Gasteiger partial charge is 0.469 e. The van der Waals surface area contributed by atoms with E-state index < -0.39 is 0 Å². The van der Waals surface area contributed by atoms with Crippen LogP contribution in [0.5, 0.6) is 0 Å². The molecule has 1 N–H and O–H groups in total. The minimum absolute atomic E-state index is 0.0361. The molecule has 1 aliphatic heterocycles. The van der Waals surface area contributed by atoms with Crippen molar-refractivity contribution in [2.24, 2.45) is 5.92 Å². The second-order valence-electron chi connectivity index (χ2n) is 3.95. The van der Waals surface area contributed by atoms with Crippen LogP contribution in [0.15, 0.2) is 0 Å². The van der Waals surface area contributed by atoms with Gasteiger partial charge >= 0.3 is 5.97 Å². The summed E-state index contributed by atoms with van der Waals surface area (Å²) in [6, 6.07) is 0. The molecule has 14 heavy (non-hydrogen) atoms. The number of aliphatic hydroxyl groups is 1. The van der Waals surface area contributed by atoms with Gasteiger partial charge in [-0.2, -0.15) is 0 Å². The van der Waals surface area contributed by atoms with E-state index >= 15 is 0 Å². The van der Waals surface area contributed by atoms with Crippen molar-refractivity contribution < 1.29 is 14.6 Å². The van der Waals surface area contributed by atoms with Crippen molar-refractivity contribution in [2.45, 2.75) is 25.9 Å². The number of aliphatic hydroxyl groups excluding tert-OH is 1. The van der Waals surface area contributed by atoms with Crippen LogP contribution < -0.4 is 0 Å². The first kappa shape index (κ1) is 11.5. The molecule has 0 aromatic heterocycles. The molecule has 0 aliphatic carbocycles. The monoisotopic (exact) mass is 201 g/mol. The third kappa shape index (κ3) is 3.27. The Morgan fingerprint density at radius 2 is 2.43 bits per heavy atom. The average Bonchev–Trinajstić information content (AvgIpc) is 2.62. The minimum atomic E-state index is -0.257. The highest BCUT2D eigenvalue weighted by molar-refractivity contribution is 5.72. The molecule has 2 unspecified atom stereocenters. The molecule has 1 fully saturated rings. The van der Waals surface area contributed by atoms with E-state index in [-0.39, 0.29) is 18.0 Å². The van der Waals surface area contributed by atoms with Gasteiger partial charge in [0.2, 0.25) is 0 Å². The number of ether oxygens (including phenoxy) is 1. The third-order valence-electron chi connectivity index (χ3n) is 2.67. The Balaban J connectivity index is 2.23. The van der Waals surface area contributed by atoms with Crippen LogP contribution in [-0.4, -0.2) is 48.8 Å². The zero-order chi connectivity index (χ0) is 10.6. The lowest BCUT2D eigenvalue weighted by Gasteiger charge is -2.16. The van der Waals surface area contributed by atoms with E-state index in [2.05, 4.69) is 4.90 Å². The van der Waals surface area contributed by atoms with Crippen LogP contribution in [0.2, 0.25) is 0 Å². The summed E-state index contributed by atoms with van der Waals surface area (Å²) in [4.78, 5) is 13.4. The standard InChI is InChI=1S/C10H19NO3/c1-8(12)3-5-11-6-4-9(7-11)10(13)14-2/h8-9,12H,3-7H2,1-2H3. The summed E-state index contributed by atoms with van der Waals surface area (Å²) in [7, 11) is 1.43. The highest BCUT2D eigenvalue weighted by Gasteiger charge is 2.28. The fourth-order valence-electron chi connectivity index (χ4n) is 1.76. The number of carbonyl (C=O) groups excluding carboxylic acids is 1. The lowest BCUT2D eigenvalue weighted by Crippen LogP contribution is -2.26. The van der Waals surface area contributed by atoms with Crippen LogP contribution in [0.4, 0.5) is 0 Å². The van der Waals surface area contributed by atoms with Crippen LogP contribution in [-0.2, 0) is 9.53 Å². The molecule has 2 atom stereocenters. The van der Waals surface area contributed by atoms with Crippen molar-refractivity contribution in [3.05, 3.63) is 0 Å². The summed E-state index contributed by atoms with van der Waals surface area (Å²) < 4.78 is 4.69. The number of methoxy groups -OCH3 is 1. The third-order valence-corrected chi connectivity index (χ3v) is 2.67. The van der Waals surface area contributed by atoms with Gasteiger partial charge < -0.3 is 14.7 Å². The number of esters is 1. The predicted molar refractivity (Wildman–Crippen MR) is 52.9 cm³/mol. The van der Waals surface area contributed by atoms with Gasteiger partial charge in [-0.25, -0.2) is 0 Å². The van der Waals surface area contributed by atoms with Crippen molar-refractivity contribution in [1.29, 1.82) is 0 Å². The van der Waals surface area contributed by atoms with E-state index in [4.69, 9.17) is 9.84 Å². The number of hydrogen-bond donors (Lipinski definition) is 1. The zero-order valence-electron chi connectivity index (χ0n) is 8.90. The average molecular weight is 201 g/mol. The van der Waals surface area contributed by atoms with E-state index in [1.165, 1.54) is 7.11 Å². The first-order chi connectivity index (χ1) is 6.63. The van der Waals surface area contributed by atoms with E-state index in [1.54, 1.807) is 6.92 Å². The second kappa shape index (κ2) is 5.32. The van der Waals surface area contributed by atoms with Crippen LogP contribution >= 0.6 is 0 Å². The Morgan fingerprint density at radius 1 is 1.71 bits per heavy atom. The Morgan fingerprint density at radius 3 is 3.00 bits per heavy atom. The van der Waals surface area contributed by atoms with Crippen LogP contribution in [0.3, 0.4) is 0 Å². The molecule has 0 aromatic carbocycles. The number of likely N-dealkylation sites (tertiary alicyclic amines) is 1. The Bertz CT molecular complexity index is 194. The fourth-order valence-corrected chi connectivity index (χ4v) is 1.76. The van der Waals surface area contributed by atoms with Crippen molar-refractivity contribution in [3.8, 4) is 0 Å². The van der Waals surface area contributed by atoms with Crippen LogP contribution in [0, 0.1) is 5.92 Å². The molecule has 0 amide bonds. The van der Waals surface area contributed by atoms with Crippen LogP contribution in [0.25, 0.3) is 0 Å². The van der Waals surface area contributed by atoms with Gasteiger partial charge in [0, 0.05) is 13.1 Å². The van der Waals surface area contributed by atoms with Gasteiger partial charge in [0.25, 0.3) is 0 Å². The molecular weight excluding hydrogens is 182 g/mol. The highest BCUT2D eigenvalue weighted by atomic mass is 16.5. The topological polar surface area (TPSA) is 49.8 Å². The predicted octanol–water partition coefficient (Wildman–Crippen LogP) is 0.252. The number of rotatable bonds is 4. The molecule has 1 saturated heterocycles. The summed E-state index contributed by atoms with van der Waals surface area (Å²) in [6.07, 6.45) is 1.40. The van der Waals surface area contributed by atoms with Crippen LogP contribution in [0.1, 0.15) is 19.8 Å². The summed E-state index contributed by atoms with van der Waals surface area (Å²) in [5.41, 5.74) is 0. The van der Waals surface area contributed by atoms with Gasteiger partial charge in [0.05, 0.1) is 19.1 Å². The normalized spacial score (nSPS) is 24.9. The van der Waals surface area contributed by atoms with Crippen molar-refractivity contribution in [1.82, 2.24) is 4.90 Å². The Kier molecular flexibility index (Phi) is 4.35.